The Labute approximate surface area is 128 Å². The van der Waals surface area contributed by atoms with E-state index in [4.69, 9.17) is 0 Å². The second kappa shape index (κ2) is 4.47. The van der Waals surface area contributed by atoms with E-state index in [0.717, 1.165) is 24.1 Å². The van der Waals surface area contributed by atoms with Crippen LogP contribution in [0, 0.1) is 11.3 Å². The number of hydrogen-bond donors (Lipinski definition) is 2. The van der Waals surface area contributed by atoms with Gasteiger partial charge < -0.3 is 15.5 Å². The summed E-state index contributed by atoms with van der Waals surface area (Å²) in [6, 6.07) is 9.11. The maximum Gasteiger partial charge on any atom is 0.318 e. The van der Waals surface area contributed by atoms with E-state index in [1.165, 1.54) is 4.90 Å². The predicted molar refractivity (Wildman–Crippen MR) is 79.0 cm³/mol. The predicted octanol–water partition coefficient (Wildman–Crippen LogP) is 1.35. The number of benzene rings is 1. The number of likely N-dealkylation sites (tertiary alicyclic amines) is 1. The summed E-state index contributed by atoms with van der Waals surface area (Å²) in [4.78, 5) is 26.4. The second-order valence-electron chi connectivity index (χ2n) is 6.28. The van der Waals surface area contributed by atoms with Crippen molar-refractivity contribution in [2.45, 2.75) is 36.8 Å². The average molecular weight is 296 g/mol. The van der Waals surface area contributed by atoms with E-state index in [9.17, 15) is 14.9 Å². The SMILES string of the molecule is N#C[C@@H]1C[C@@]2(CN1C(=O)NC1CC1)C(=O)Nc1ccccc12. The summed E-state index contributed by atoms with van der Waals surface area (Å²) in [6.07, 6.45) is 2.33. The molecule has 112 valence electrons. The summed E-state index contributed by atoms with van der Waals surface area (Å²) in [5.41, 5.74) is 0.883. The number of para-hydroxylation sites is 1. The van der Waals surface area contributed by atoms with Gasteiger partial charge in [0.1, 0.15) is 6.04 Å². The molecule has 3 amide bonds. The van der Waals surface area contributed by atoms with Crippen molar-refractivity contribution in [3.8, 4) is 6.07 Å². The first kappa shape index (κ1) is 13.1. The first-order valence-electron chi connectivity index (χ1n) is 7.52. The van der Waals surface area contributed by atoms with Gasteiger partial charge in [0.15, 0.2) is 0 Å². The van der Waals surface area contributed by atoms with Gasteiger partial charge in [-0.25, -0.2) is 4.79 Å². The minimum absolute atomic E-state index is 0.115. The lowest BCUT2D eigenvalue weighted by molar-refractivity contribution is -0.120. The number of anilines is 1. The first-order chi connectivity index (χ1) is 10.6. The molecule has 2 aliphatic heterocycles. The van der Waals surface area contributed by atoms with Crippen molar-refractivity contribution < 1.29 is 9.59 Å². The monoisotopic (exact) mass is 296 g/mol. The number of carbonyl (C=O) groups is 2. The fraction of sp³-hybridized carbons (Fsp3) is 0.438. The molecule has 2 N–H and O–H groups in total. The average Bonchev–Trinajstić information content (AvgIpc) is 3.17. The van der Waals surface area contributed by atoms with Gasteiger partial charge in [-0.3, -0.25) is 4.79 Å². The molecule has 2 atom stereocenters. The van der Waals surface area contributed by atoms with Crippen LogP contribution in [0.25, 0.3) is 0 Å². The molecule has 4 rings (SSSR count). The molecule has 1 aromatic rings. The van der Waals surface area contributed by atoms with E-state index >= 15 is 0 Å². The molecule has 1 saturated carbocycles. The molecule has 0 bridgehead atoms. The summed E-state index contributed by atoms with van der Waals surface area (Å²) >= 11 is 0. The van der Waals surface area contributed by atoms with E-state index in [1.807, 2.05) is 24.3 Å². The van der Waals surface area contributed by atoms with Crippen molar-refractivity contribution in [2.24, 2.45) is 0 Å². The standard InChI is InChI=1S/C16H16N4O2/c17-8-11-7-16(9-20(11)15(22)18-10-5-6-10)12-3-1-2-4-13(12)19-14(16)21/h1-4,10-11H,5-7,9H2,(H,18,22)(H,19,21)/t11-,16-/m0/s1. The van der Waals surface area contributed by atoms with Crippen LogP contribution < -0.4 is 10.6 Å². The quantitative estimate of drug-likeness (QED) is 0.820. The molecule has 6 heteroatoms. The highest BCUT2D eigenvalue weighted by atomic mass is 16.2. The third-order valence-corrected chi connectivity index (χ3v) is 4.80. The van der Waals surface area contributed by atoms with Crippen molar-refractivity contribution in [2.75, 3.05) is 11.9 Å². The summed E-state index contributed by atoms with van der Waals surface area (Å²) in [7, 11) is 0. The molecule has 0 unspecified atom stereocenters. The zero-order valence-corrected chi connectivity index (χ0v) is 12.0. The molecule has 1 aliphatic carbocycles. The van der Waals surface area contributed by atoms with Gasteiger partial charge in [0.25, 0.3) is 0 Å². The van der Waals surface area contributed by atoms with Gasteiger partial charge in [0, 0.05) is 24.7 Å². The minimum Gasteiger partial charge on any atom is -0.335 e. The van der Waals surface area contributed by atoms with E-state index in [1.54, 1.807) is 0 Å². The zero-order valence-electron chi connectivity index (χ0n) is 12.0. The maximum absolute atomic E-state index is 12.5. The fourth-order valence-electron chi connectivity index (χ4n) is 3.45. The molecule has 1 aromatic carbocycles. The number of nitrogens with one attached hydrogen (secondary N) is 2. The number of fused-ring (bicyclic) bond motifs is 2. The van der Waals surface area contributed by atoms with Gasteiger partial charge in [-0.1, -0.05) is 18.2 Å². The van der Waals surface area contributed by atoms with Gasteiger partial charge in [-0.15, -0.1) is 0 Å². The number of carbonyl (C=O) groups excluding carboxylic acids is 2. The van der Waals surface area contributed by atoms with Crippen LogP contribution >= 0.6 is 0 Å². The van der Waals surface area contributed by atoms with Crippen molar-refractivity contribution in [3.05, 3.63) is 29.8 Å². The number of nitrogens with zero attached hydrogens (tertiary/aromatic N) is 2. The Kier molecular flexibility index (Phi) is 2.67. The molecular formula is C16H16N4O2. The second-order valence-corrected chi connectivity index (χ2v) is 6.28. The van der Waals surface area contributed by atoms with Crippen LogP contribution in [0.15, 0.2) is 24.3 Å². The van der Waals surface area contributed by atoms with Gasteiger partial charge in [-0.2, -0.15) is 5.26 Å². The van der Waals surface area contributed by atoms with Crippen LogP contribution in [0.5, 0.6) is 0 Å². The molecule has 2 heterocycles. The number of nitriles is 1. The first-order valence-corrected chi connectivity index (χ1v) is 7.52. The number of urea groups is 1. The van der Waals surface area contributed by atoms with Crippen LogP contribution in [0.1, 0.15) is 24.8 Å². The minimum atomic E-state index is -0.794. The Balaban J connectivity index is 1.68. The van der Waals surface area contributed by atoms with Gasteiger partial charge in [0.05, 0.1) is 11.5 Å². The Hall–Kier alpha value is -2.55. The van der Waals surface area contributed by atoms with Crippen molar-refractivity contribution in [1.29, 1.82) is 5.26 Å². The molecule has 0 radical (unpaired) electrons. The largest absolute Gasteiger partial charge is 0.335 e. The Morgan fingerprint density at radius 3 is 2.91 bits per heavy atom. The highest BCUT2D eigenvalue weighted by Gasteiger charge is 2.56. The van der Waals surface area contributed by atoms with E-state index in [-0.39, 0.29) is 24.5 Å². The lowest BCUT2D eigenvalue weighted by Crippen LogP contribution is -2.45. The highest BCUT2D eigenvalue weighted by Crippen LogP contribution is 2.46. The molecular weight excluding hydrogens is 280 g/mol. The molecule has 1 saturated heterocycles. The number of amides is 3. The van der Waals surface area contributed by atoms with E-state index in [2.05, 4.69) is 16.7 Å². The fourth-order valence-corrected chi connectivity index (χ4v) is 3.45. The van der Waals surface area contributed by atoms with Crippen LogP contribution in [0.4, 0.5) is 10.5 Å². The zero-order chi connectivity index (χ0) is 15.3. The van der Waals surface area contributed by atoms with Gasteiger partial charge in [-0.05, 0) is 24.5 Å². The molecule has 3 aliphatic rings. The van der Waals surface area contributed by atoms with Crippen LogP contribution in [-0.2, 0) is 10.2 Å². The normalized spacial score (nSPS) is 29.1. The molecule has 22 heavy (non-hydrogen) atoms. The maximum atomic E-state index is 12.5. The number of hydrogen-bond acceptors (Lipinski definition) is 3. The van der Waals surface area contributed by atoms with Gasteiger partial charge >= 0.3 is 6.03 Å². The summed E-state index contributed by atoms with van der Waals surface area (Å²) < 4.78 is 0. The molecule has 6 nitrogen and oxygen atoms in total. The van der Waals surface area contributed by atoms with Crippen LogP contribution in [0.3, 0.4) is 0 Å². The summed E-state index contributed by atoms with van der Waals surface area (Å²) in [5, 5.41) is 15.2. The van der Waals surface area contributed by atoms with Gasteiger partial charge in [0.2, 0.25) is 5.91 Å². The van der Waals surface area contributed by atoms with E-state index < -0.39 is 11.5 Å². The summed E-state index contributed by atoms with van der Waals surface area (Å²) in [5.74, 6) is -0.115. The molecule has 2 fully saturated rings. The molecule has 1 spiro atoms. The lowest BCUT2D eigenvalue weighted by Gasteiger charge is -2.23. The topological polar surface area (TPSA) is 85.2 Å². The Morgan fingerprint density at radius 1 is 1.41 bits per heavy atom. The summed E-state index contributed by atoms with van der Waals surface area (Å²) in [6.45, 7) is 0.257. The molecule has 0 aromatic heterocycles. The van der Waals surface area contributed by atoms with Crippen molar-refractivity contribution >= 4 is 17.6 Å². The third-order valence-electron chi connectivity index (χ3n) is 4.80. The highest BCUT2D eigenvalue weighted by molar-refractivity contribution is 6.07. The van der Waals surface area contributed by atoms with Crippen LogP contribution in [0.2, 0.25) is 0 Å². The van der Waals surface area contributed by atoms with Crippen molar-refractivity contribution in [3.63, 3.8) is 0 Å². The number of rotatable bonds is 1. The smallest absolute Gasteiger partial charge is 0.318 e. The van der Waals surface area contributed by atoms with Crippen LogP contribution in [-0.4, -0.2) is 35.5 Å². The Bertz CT molecular complexity index is 706. The third kappa shape index (κ3) is 1.78. The van der Waals surface area contributed by atoms with E-state index in [0.29, 0.717) is 6.42 Å². The lowest BCUT2D eigenvalue weighted by atomic mass is 9.80. The van der Waals surface area contributed by atoms with Crippen molar-refractivity contribution in [1.82, 2.24) is 10.2 Å². The Morgan fingerprint density at radius 2 is 2.18 bits per heavy atom.